The summed E-state index contributed by atoms with van der Waals surface area (Å²) in [6.07, 6.45) is 1.58. The fourth-order valence-electron chi connectivity index (χ4n) is 1.73. The van der Waals surface area contributed by atoms with Crippen LogP contribution in [-0.4, -0.2) is 25.8 Å². The number of rotatable bonds is 4. The molecule has 0 radical (unpaired) electrons. The van der Waals surface area contributed by atoms with Crippen LogP contribution in [0.1, 0.15) is 25.7 Å². The molecule has 0 saturated carbocycles. The number of carboxylic acids is 1. The van der Waals surface area contributed by atoms with E-state index in [1.54, 1.807) is 19.2 Å². The van der Waals surface area contributed by atoms with Crippen LogP contribution >= 0.6 is 11.3 Å². The molecule has 2 rings (SSSR count). The Balaban J connectivity index is 2.28. The number of aromatic nitrogens is 2. The zero-order chi connectivity index (χ0) is 14.2. The molecule has 2 aromatic heterocycles. The van der Waals surface area contributed by atoms with E-state index in [2.05, 4.69) is 5.10 Å². The van der Waals surface area contributed by atoms with Crippen LogP contribution in [-0.2, 0) is 6.54 Å². The van der Waals surface area contributed by atoms with E-state index < -0.39 is 10.9 Å². The minimum Gasteiger partial charge on any atom is -0.477 e. The number of hydrogen-bond acceptors (Lipinski definition) is 5. The van der Waals surface area contributed by atoms with Crippen LogP contribution in [0.5, 0.6) is 0 Å². The predicted octanol–water partition coefficient (Wildman–Crippen LogP) is 2.22. The molecular weight excluding hydrogens is 270 g/mol. The van der Waals surface area contributed by atoms with Crippen LogP contribution in [0.15, 0.2) is 12.3 Å². The average molecular weight is 281 g/mol. The highest BCUT2D eigenvalue weighted by Gasteiger charge is 2.18. The molecule has 0 spiro atoms. The molecule has 8 heteroatoms. The molecule has 1 N–H and O–H groups in total. The second-order valence-electron chi connectivity index (χ2n) is 4.09. The Bertz CT molecular complexity index is 659. The molecule has 2 aromatic rings. The Hall–Kier alpha value is -2.22. The van der Waals surface area contributed by atoms with Gasteiger partial charge in [0, 0.05) is 4.88 Å². The first-order valence-corrected chi connectivity index (χ1v) is 6.21. The molecule has 0 saturated heterocycles. The van der Waals surface area contributed by atoms with Crippen molar-refractivity contribution in [1.82, 2.24) is 9.78 Å². The van der Waals surface area contributed by atoms with Crippen molar-refractivity contribution in [3.8, 4) is 0 Å². The smallest absolute Gasteiger partial charge is 0.392 e. The van der Waals surface area contributed by atoms with Crippen molar-refractivity contribution in [3.05, 3.63) is 43.3 Å². The first-order valence-electron chi connectivity index (χ1n) is 5.39. The quantitative estimate of drug-likeness (QED) is 0.684. The van der Waals surface area contributed by atoms with Crippen LogP contribution in [0, 0.1) is 24.0 Å². The van der Waals surface area contributed by atoms with Crippen molar-refractivity contribution >= 4 is 23.1 Å². The summed E-state index contributed by atoms with van der Waals surface area (Å²) in [7, 11) is 0. The van der Waals surface area contributed by atoms with Gasteiger partial charge in [0.05, 0.1) is 23.4 Å². The minimum absolute atomic E-state index is 0.175. The van der Waals surface area contributed by atoms with Crippen LogP contribution < -0.4 is 0 Å². The molecular formula is C11H11N3O4S. The summed E-state index contributed by atoms with van der Waals surface area (Å²) in [5, 5.41) is 23.5. The molecule has 0 unspecified atom stereocenters. The van der Waals surface area contributed by atoms with Gasteiger partial charge in [0.2, 0.25) is 0 Å². The van der Waals surface area contributed by atoms with Gasteiger partial charge < -0.3 is 15.2 Å². The number of carbonyl (C=O) groups is 1. The molecule has 0 fully saturated rings. The molecule has 0 aromatic carbocycles. The van der Waals surface area contributed by atoms with E-state index in [0.717, 1.165) is 10.4 Å². The number of hydrogen-bond donors (Lipinski definition) is 1. The molecule has 0 amide bonds. The molecule has 0 atom stereocenters. The third-order valence-electron chi connectivity index (χ3n) is 2.66. The molecule has 0 aliphatic carbocycles. The van der Waals surface area contributed by atoms with Crippen molar-refractivity contribution in [1.29, 1.82) is 0 Å². The van der Waals surface area contributed by atoms with Crippen molar-refractivity contribution < 1.29 is 14.8 Å². The van der Waals surface area contributed by atoms with Crippen molar-refractivity contribution in [3.63, 3.8) is 0 Å². The topological polar surface area (TPSA) is 98.3 Å². The van der Waals surface area contributed by atoms with E-state index in [1.807, 2.05) is 6.92 Å². The van der Waals surface area contributed by atoms with Crippen LogP contribution in [0.3, 0.4) is 0 Å². The zero-order valence-electron chi connectivity index (χ0n) is 10.3. The van der Waals surface area contributed by atoms with Crippen molar-refractivity contribution in [2.75, 3.05) is 0 Å². The summed E-state index contributed by atoms with van der Waals surface area (Å²) in [5.74, 6) is -1.15. The third-order valence-corrected chi connectivity index (χ3v) is 3.74. The van der Waals surface area contributed by atoms with Crippen LogP contribution in [0.4, 0.5) is 5.82 Å². The zero-order valence-corrected chi connectivity index (χ0v) is 11.1. The van der Waals surface area contributed by atoms with E-state index in [-0.39, 0.29) is 10.7 Å². The van der Waals surface area contributed by atoms with Gasteiger partial charge in [-0.1, -0.05) is 0 Å². The lowest BCUT2D eigenvalue weighted by atomic mass is 10.2. The van der Waals surface area contributed by atoms with Gasteiger partial charge in [-0.25, -0.2) is 4.79 Å². The number of thiophene rings is 1. The van der Waals surface area contributed by atoms with E-state index in [4.69, 9.17) is 5.11 Å². The highest BCUT2D eigenvalue weighted by Crippen LogP contribution is 2.23. The molecule has 0 bridgehead atoms. The van der Waals surface area contributed by atoms with Gasteiger partial charge in [0.25, 0.3) is 0 Å². The Morgan fingerprint density at radius 2 is 2.26 bits per heavy atom. The van der Waals surface area contributed by atoms with Gasteiger partial charge in [0.15, 0.2) is 0 Å². The molecule has 0 aliphatic rings. The summed E-state index contributed by atoms with van der Waals surface area (Å²) in [4.78, 5) is 22.2. The minimum atomic E-state index is -0.970. The number of aryl methyl sites for hydroxylation is 2. The first kappa shape index (κ1) is 13.2. The molecule has 2 heterocycles. The summed E-state index contributed by atoms with van der Waals surface area (Å²) in [6, 6.07) is 1.57. The lowest BCUT2D eigenvalue weighted by molar-refractivity contribution is -0.390. The fraction of sp³-hybridized carbons (Fsp3) is 0.273. The van der Waals surface area contributed by atoms with E-state index in [0.29, 0.717) is 12.1 Å². The number of aromatic carboxylic acids is 1. The highest BCUT2D eigenvalue weighted by molar-refractivity contribution is 7.14. The first-order chi connectivity index (χ1) is 8.88. The monoisotopic (exact) mass is 281 g/mol. The van der Waals surface area contributed by atoms with Crippen molar-refractivity contribution in [2.24, 2.45) is 0 Å². The lowest BCUT2D eigenvalue weighted by Gasteiger charge is -1.95. The number of nitro groups is 1. The Morgan fingerprint density at radius 3 is 2.74 bits per heavy atom. The van der Waals surface area contributed by atoms with Gasteiger partial charge >= 0.3 is 11.8 Å². The summed E-state index contributed by atoms with van der Waals surface area (Å²) >= 11 is 1.18. The fourth-order valence-corrected chi connectivity index (χ4v) is 2.60. The van der Waals surface area contributed by atoms with Crippen LogP contribution in [0.2, 0.25) is 0 Å². The third kappa shape index (κ3) is 2.63. The van der Waals surface area contributed by atoms with E-state index in [1.165, 1.54) is 16.0 Å². The number of nitrogens with zero attached hydrogens (tertiary/aromatic N) is 3. The maximum atomic E-state index is 10.9. The van der Waals surface area contributed by atoms with Gasteiger partial charge in [-0.05, 0) is 30.4 Å². The molecule has 7 nitrogen and oxygen atoms in total. The Kier molecular flexibility index (Phi) is 3.34. The van der Waals surface area contributed by atoms with Crippen molar-refractivity contribution in [2.45, 2.75) is 20.4 Å². The largest absolute Gasteiger partial charge is 0.477 e. The maximum Gasteiger partial charge on any atom is 0.392 e. The van der Waals surface area contributed by atoms with Gasteiger partial charge in [-0.3, -0.25) is 0 Å². The lowest BCUT2D eigenvalue weighted by Crippen LogP contribution is -2.01. The van der Waals surface area contributed by atoms with Gasteiger partial charge in [-0.2, -0.15) is 4.68 Å². The van der Waals surface area contributed by atoms with Gasteiger partial charge in [-0.15, -0.1) is 11.3 Å². The standard InChI is InChI=1S/C11H11N3O4S/c1-6-4-13(12-10(6)14(17)18)5-8-3-9(11(15)16)19-7(8)2/h3-4H,5H2,1-2H3,(H,15,16). The Labute approximate surface area is 112 Å². The average Bonchev–Trinajstić information content (AvgIpc) is 2.84. The summed E-state index contributed by atoms with van der Waals surface area (Å²) < 4.78 is 1.45. The second kappa shape index (κ2) is 4.81. The molecule has 0 aliphatic heterocycles. The number of carboxylic acid groups (broad SMARTS) is 1. The SMILES string of the molecule is Cc1cn(Cc2cc(C(=O)O)sc2C)nc1[N+](=O)[O-]. The van der Waals surface area contributed by atoms with Gasteiger partial charge in [0.1, 0.15) is 4.88 Å². The van der Waals surface area contributed by atoms with E-state index in [9.17, 15) is 14.9 Å². The van der Waals surface area contributed by atoms with E-state index >= 15 is 0 Å². The Morgan fingerprint density at radius 1 is 1.58 bits per heavy atom. The predicted molar refractivity (Wildman–Crippen MR) is 68.7 cm³/mol. The highest BCUT2D eigenvalue weighted by atomic mass is 32.1. The summed E-state index contributed by atoms with van der Waals surface area (Å²) in [6.45, 7) is 3.76. The van der Waals surface area contributed by atoms with Crippen LogP contribution in [0.25, 0.3) is 0 Å². The molecule has 19 heavy (non-hydrogen) atoms. The summed E-state index contributed by atoms with van der Waals surface area (Å²) in [5.41, 5.74) is 1.29. The second-order valence-corrected chi connectivity index (χ2v) is 5.34. The normalized spacial score (nSPS) is 10.6. The molecule has 100 valence electrons. The maximum absolute atomic E-state index is 10.9.